The standard InChI is InChI=1S/C17H22N2O3S/c1-3-23(20,21)19-16-8-6-15(7-9-16)18-13-12-14-4-10-17(22-2)11-5-14/h4-11,18-19H,3,12-13H2,1-2H3. The van der Waals surface area contributed by atoms with Crippen LogP contribution in [-0.2, 0) is 16.4 Å². The zero-order valence-electron chi connectivity index (χ0n) is 13.4. The zero-order chi connectivity index (χ0) is 16.7. The molecule has 2 N–H and O–H groups in total. The van der Waals surface area contributed by atoms with E-state index in [1.807, 2.05) is 36.4 Å². The SMILES string of the molecule is CCS(=O)(=O)Nc1ccc(NCCc2ccc(OC)cc2)cc1. The minimum Gasteiger partial charge on any atom is -0.497 e. The summed E-state index contributed by atoms with van der Waals surface area (Å²) in [5.74, 6) is 0.918. The van der Waals surface area contributed by atoms with E-state index in [-0.39, 0.29) is 5.75 Å². The van der Waals surface area contributed by atoms with Gasteiger partial charge in [0.2, 0.25) is 10.0 Å². The van der Waals surface area contributed by atoms with Gasteiger partial charge >= 0.3 is 0 Å². The maximum Gasteiger partial charge on any atom is 0.232 e. The molecule has 0 atom stereocenters. The molecule has 124 valence electrons. The molecule has 6 heteroatoms. The summed E-state index contributed by atoms with van der Waals surface area (Å²) >= 11 is 0. The lowest BCUT2D eigenvalue weighted by Crippen LogP contribution is -2.14. The van der Waals surface area contributed by atoms with Crippen molar-refractivity contribution in [3.8, 4) is 5.75 Å². The molecule has 0 saturated carbocycles. The molecule has 0 bridgehead atoms. The van der Waals surface area contributed by atoms with Crippen molar-refractivity contribution in [3.05, 3.63) is 54.1 Å². The molecule has 0 aliphatic rings. The number of hydrogen-bond acceptors (Lipinski definition) is 4. The van der Waals surface area contributed by atoms with Crippen LogP contribution in [0.2, 0.25) is 0 Å². The van der Waals surface area contributed by atoms with Crippen molar-refractivity contribution < 1.29 is 13.2 Å². The number of rotatable bonds is 8. The number of nitrogens with one attached hydrogen (secondary N) is 2. The van der Waals surface area contributed by atoms with Crippen LogP contribution in [-0.4, -0.2) is 27.8 Å². The zero-order valence-corrected chi connectivity index (χ0v) is 14.2. The monoisotopic (exact) mass is 334 g/mol. The highest BCUT2D eigenvalue weighted by Crippen LogP contribution is 2.16. The van der Waals surface area contributed by atoms with Gasteiger partial charge in [-0.3, -0.25) is 4.72 Å². The quantitative estimate of drug-likeness (QED) is 0.778. The Kier molecular flexibility index (Phi) is 5.87. The largest absolute Gasteiger partial charge is 0.497 e. The molecule has 0 unspecified atom stereocenters. The highest BCUT2D eigenvalue weighted by Gasteiger charge is 2.06. The van der Waals surface area contributed by atoms with E-state index in [9.17, 15) is 8.42 Å². The first-order chi connectivity index (χ1) is 11.0. The Morgan fingerprint density at radius 1 is 0.957 bits per heavy atom. The first-order valence-corrected chi connectivity index (χ1v) is 9.15. The third kappa shape index (κ3) is 5.49. The first-order valence-electron chi connectivity index (χ1n) is 7.50. The third-order valence-electron chi connectivity index (χ3n) is 3.44. The van der Waals surface area contributed by atoms with Crippen LogP contribution >= 0.6 is 0 Å². The molecule has 0 spiro atoms. The van der Waals surface area contributed by atoms with Gasteiger partial charge in [-0.2, -0.15) is 0 Å². The topological polar surface area (TPSA) is 67.4 Å². The minimum absolute atomic E-state index is 0.0643. The van der Waals surface area contributed by atoms with Gasteiger partial charge in [-0.05, 0) is 55.3 Å². The molecule has 0 amide bonds. The van der Waals surface area contributed by atoms with Gasteiger partial charge in [0.1, 0.15) is 5.75 Å². The molecule has 0 radical (unpaired) electrons. The second-order valence-electron chi connectivity index (χ2n) is 5.11. The van der Waals surface area contributed by atoms with Gasteiger partial charge in [-0.15, -0.1) is 0 Å². The second kappa shape index (κ2) is 7.87. The van der Waals surface area contributed by atoms with E-state index in [0.29, 0.717) is 5.69 Å². The van der Waals surface area contributed by atoms with Crippen molar-refractivity contribution in [3.63, 3.8) is 0 Å². The van der Waals surface area contributed by atoms with Gasteiger partial charge in [0.25, 0.3) is 0 Å². The fraction of sp³-hybridized carbons (Fsp3) is 0.294. The fourth-order valence-corrected chi connectivity index (χ4v) is 2.69. The Hall–Kier alpha value is -2.21. The summed E-state index contributed by atoms with van der Waals surface area (Å²) in [5.41, 5.74) is 2.76. The first kappa shape index (κ1) is 17.1. The van der Waals surface area contributed by atoms with E-state index in [2.05, 4.69) is 10.0 Å². The van der Waals surface area contributed by atoms with Crippen molar-refractivity contribution in [1.82, 2.24) is 0 Å². The van der Waals surface area contributed by atoms with E-state index in [0.717, 1.165) is 24.4 Å². The molecule has 0 aliphatic carbocycles. The molecule has 5 nitrogen and oxygen atoms in total. The fourth-order valence-electron chi connectivity index (χ4n) is 2.05. The van der Waals surface area contributed by atoms with Crippen LogP contribution in [0.25, 0.3) is 0 Å². The molecular weight excluding hydrogens is 312 g/mol. The van der Waals surface area contributed by atoms with Gasteiger partial charge in [-0.1, -0.05) is 12.1 Å². The molecule has 0 heterocycles. The van der Waals surface area contributed by atoms with Gasteiger partial charge in [0, 0.05) is 17.9 Å². The average molecular weight is 334 g/mol. The lowest BCUT2D eigenvalue weighted by Gasteiger charge is -2.09. The Morgan fingerprint density at radius 2 is 1.57 bits per heavy atom. The van der Waals surface area contributed by atoms with Crippen molar-refractivity contribution in [2.45, 2.75) is 13.3 Å². The van der Waals surface area contributed by atoms with Crippen LogP contribution in [0.3, 0.4) is 0 Å². The Labute approximate surface area is 137 Å². The van der Waals surface area contributed by atoms with Crippen LogP contribution in [0.1, 0.15) is 12.5 Å². The number of sulfonamides is 1. The molecule has 23 heavy (non-hydrogen) atoms. The van der Waals surface area contributed by atoms with Crippen LogP contribution in [0, 0.1) is 0 Å². The summed E-state index contributed by atoms with van der Waals surface area (Å²) in [4.78, 5) is 0. The van der Waals surface area contributed by atoms with E-state index in [4.69, 9.17) is 4.74 Å². The van der Waals surface area contributed by atoms with E-state index in [1.54, 1.807) is 26.2 Å². The van der Waals surface area contributed by atoms with Gasteiger partial charge in [0.15, 0.2) is 0 Å². The third-order valence-corrected chi connectivity index (χ3v) is 4.75. The molecule has 2 aromatic rings. The van der Waals surface area contributed by atoms with Crippen molar-refractivity contribution in [1.29, 1.82) is 0 Å². The molecule has 0 aromatic heterocycles. The second-order valence-corrected chi connectivity index (χ2v) is 7.12. The predicted molar refractivity (Wildman–Crippen MR) is 94.7 cm³/mol. The summed E-state index contributed by atoms with van der Waals surface area (Å²) in [6.07, 6.45) is 0.897. The van der Waals surface area contributed by atoms with E-state index < -0.39 is 10.0 Å². The lowest BCUT2D eigenvalue weighted by atomic mass is 10.1. The van der Waals surface area contributed by atoms with E-state index >= 15 is 0 Å². The Morgan fingerprint density at radius 3 is 2.13 bits per heavy atom. The van der Waals surface area contributed by atoms with Crippen LogP contribution < -0.4 is 14.8 Å². The maximum absolute atomic E-state index is 11.5. The number of hydrogen-bond donors (Lipinski definition) is 2. The molecule has 0 aliphatic heterocycles. The number of benzene rings is 2. The van der Waals surface area contributed by atoms with Gasteiger partial charge in [-0.25, -0.2) is 8.42 Å². The number of anilines is 2. The number of methoxy groups -OCH3 is 1. The molecular formula is C17H22N2O3S. The summed E-state index contributed by atoms with van der Waals surface area (Å²) in [5, 5.41) is 3.32. The summed E-state index contributed by atoms with van der Waals surface area (Å²) in [7, 11) is -1.57. The molecule has 2 rings (SSSR count). The normalized spacial score (nSPS) is 11.0. The molecule has 2 aromatic carbocycles. The van der Waals surface area contributed by atoms with Crippen LogP contribution in [0.15, 0.2) is 48.5 Å². The van der Waals surface area contributed by atoms with Crippen molar-refractivity contribution in [2.24, 2.45) is 0 Å². The highest BCUT2D eigenvalue weighted by atomic mass is 32.2. The Bertz CT molecular complexity index is 711. The molecule has 0 saturated heterocycles. The smallest absolute Gasteiger partial charge is 0.232 e. The van der Waals surface area contributed by atoms with Gasteiger partial charge in [0.05, 0.1) is 12.9 Å². The lowest BCUT2D eigenvalue weighted by molar-refractivity contribution is 0.414. The van der Waals surface area contributed by atoms with E-state index in [1.165, 1.54) is 5.56 Å². The molecule has 0 fully saturated rings. The van der Waals surface area contributed by atoms with Crippen LogP contribution in [0.4, 0.5) is 11.4 Å². The van der Waals surface area contributed by atoms with Crippen molar-refractivity contribution in [2.75, 3.05) is 29.4 Å². The van der Waals surface area contributed by atoms with Crippen LogP contribution in [0.5, 0.6) is 5.75 Å². The highest BCUT2D eigenvalue weighted by molar-refractivity contribution is 7.92. The average Bonchev–Trinajstić information content (AvgIpc) is 2.57. The van der Waals surface area contributed by atoms with Gasteiger partial charge < -0.3 is 10.1 Å². The minimum atomic E-state index is -3.22. The maximum atomic E-state index is 11.5. The Balaban J connectivity index is 1.84. The predicted octanol–water partition coefficient (Wildman–Crippen LogP) is 3.11. The summed E-state index contributed by atoms with van der Waals surface area (Å²) in [6.45, 7) is 2.41. The summed E-state index contributed by atoms with van der Waals surface area (Å²) < 4.78 is 30.6. The summed E-state index contributed by atoms with van der Waals surface area (Å²) in [6, 6.07) is 15.2. The van der Waals surface area contributed by atoms with Crippen molar-refractivity contribution >= 4 is 21.4 Å². The number of ether oxygens (including phenoxy) is 1.